The maximum Gasteiger partial charge on any atom is 0.271 e. The minimum Gasteiger partial charge on any atom is -0.379 e. The molecule has 1 saturated heterocycles. The van der Waals surface area contributed by atoms with E-state index >= 15 is 0 Å². The lowest BCUT2D eigenvalue weighted by molar-refractivity contribution is 0.0730. The first-order valence-electron chi connectivity index (χ1n) is 10.1. The first-order valence-corrected chi connectivity index (χ1v) is 11.5. The zero-order valence-electron chi connectivity index (χ0n) is 16.9. The monoisotopic (exact) mass is 449 g/mol. The molecule has 3 aromatic carbocycles. The number of carbonyl (C=O) groups excluding carboxylic acids is 2. The van der Waals surface area contributed by atoms with Gasteiger partial charge in [-0.2, -0.15) is 9.41 Å². The van der Waals surface area contributed by atoms with Crippen molar-refractivity contribution in [2.24, 2.45) is 5.10 Å². The number of rotatable bonds is 4. The van der Waals surface area contributed by atoms with Crippen molar-refractivity contribution in [3.63, 3.8) is 0 Å². The molecule has 0 spiro atoms. The fourth-order valence-corrected chi connectivity index (χ4v) is 5.45. The summed E-state index contributed by atoms with van der Waals surface area (Å²) in [5.74, 6) is -0.867. The molecule has 0 atom stereocenters. The lowest BCUT2D eigenvalue weighted by atomic mass is 10.1. The number of amides is 1. The van der Waals surface area contributed by atoms with Crippen LogP contribution in [0.15, 0.2) is 70.7 Å². The van der Waals surface area contributed by atoms with Crippen LogP contribution in [0.5, 0.6) is 0 Å². The SMILES string of the molecule is O=C(NN=C1C(=O)c2cccc3cccc1c23)c1cccc(S(=O)(=O)N2CCOCC2)c1. The van der Waals surface area contributed by atoms with E-state index in [0.717, 1.165) is 10.8 Å². The van der Waals surface area contributed by atoms with E-state index < -0.39 is 15.9 Å². The molecular formula is C23H19N3O5S. The number of hydrogen-bond acceptors (Lipinski definition) is 6. The zero-order valence-corrected chi connectivity index (χ0v) is 17.8. The zero-order chi connectivity index (χ0) is 22.3. The third-order valence-electron chi connectivity index (χ3n) is 5.59. The second kappa shape index (κ2) is 7.94. The molecular weight excluding hydrogens is 430 g/mol. The molecule has 5 rings (SSSR count). The molecule has 32 heavy (non-hydrogen) atoms. The molecule has 1 fully saturated rings. The number of Topliss-reactive ketones (excluding diaryl/α,β-unsaturated/α-hetero) is 1. The van der Waals surface area contributed by atoms with Crippen LogP contribution in [0.2, 0.25) is 0 Å². The van der Waals surface area contributed by atoms with Gasteiger partial charge in [0.15, 0.2) is 0 Å². The van der Waals surface area contributed by atoms with Crippen molar-refractivity contribution in [2.75, 3.05) is 26.3 Å². The van der Waals surface area contributed by atoms with Crippen LogP contribution >= 0.6 is 0 Å². The highest BCUT2D eigenvalue weighted by Gasteiger charge is 2.29. The standard InChI is InChI=1S/C23H19N3O5S/c27-22-19-9-3-5-15-4-2-8-18(20(15)19)21(22)24-25-23(28)16-6-1-7-17(14-16)32(29,30)26-10-12-31-13-11-26/h1-9,14H,10-13H2,(H,25,28). The molecule has 162 valence electrons. The second-order valence-electron chi connectivity index (χ2n) is 7.48. The van der Waals surface area contributed by atoms with Crippen LogP contribution in [-0.4, -0.2) is 56.4 Å². The Bertz CT molecular complexity index is 1390. The summed E-state index contributed by atoms with van der Waals surface area (Å²) in [6, 6.07) is 16.8. The van der Waals surface area contributed by atoms with Gasteiger partial charge in [0.05, 0.1) is 18.1 Å². The Morgan fingerprint density at radius 1 is 0.969 bits per heavy atom. The van der Waals surface area contributed by atoms with Crippen molar-refractivity contribution in [3.05, 3.63) is 77.4 Å². The Kier molecular flexibility index (Phi) is 5.09. The van der Waals surface area contributed by atoms with Crippen LogP contribution in [0.1, 0.15) is 26.3 Å². The van der Waals surface area contributed by atoms with E-state index in [1.807, 2.05) is 18.2 Å². The molecule has 2 aliphatic rings. The van der Waals surface area contributed by atoms with Gasteiger partial charge in [-0.25, -0.2) is 13.8 Å². The van der Waals surface area contributed by atoms with Gasteiger partial charge < -0.3 is 4.74 Å². The van der Waals surface area contributed by atoms with Crippen molar-refractivity contribution in [1.82, 2.24) is 9.73 Å². The van der Waals surface area contributed by atoms with Gasteiger partial charge in [0.25, 0.3) is 5.91 Å². The Hall–Kier alpha value is -3.40. The normalized spacial score (nSPS) is 17.8. The number of ether oxygens (including phenoxy) is 1. The Labute approximate surface area is 184 Å². The predicted octanol–water partition coefficient (Wildman–Crippen LogP) is 2.19. The summed E-state index contributed by atoms with van der Waals surface area (Å²) in [6.45, 7) is 1.20. The van der Waals surface area contributed by atoms with Crippen molar-refractivity contribution in [1.29, 1.82) is 0 Å². The first-order chi connectivity index (χ1) is 15.5. The van der Waals surface area contributed by atoms with Crippen molar-refractivity contribution in [3.8, 4) is 0 Å². The lowest BCUT2D eigenvalue weighted by Crippen LogP contribution is -2.40. The second-order valence-corrected chi connectivity index (χ2v) is 9.42. The summed E-state index contributed by atoms with van der Waals surface area (Å²) < 4.78 is 32.3. The van der Waals surface area contributed by atoms with Crippen molar-refractivity contribution < 1.29 is 22.7 Å². The number of nitrogens with one attached hydrogen (secondary N) is 1. The van der Waals surface area contributed by atoms with E-state index in [4.69, 9.17) is 4.74 Å². The molecule has 9 heteroatoms. The topological polar surface area (TPSA) is 105 Å². The fourth-order valence-electron chi connectivity index (χ4n) is 3.99. The highest BCUT2D eigenvalue weighted by Crippen LogP contribution is 2.30. The molecule has 0 unspecified atom stereocenters. The lowest BCUT2D eigenvalue weighted by Gasteiger charge is -2.26. The summed E-state index contributed by atoms with van der Waals surface area (Å²) in [7, 11) is -3.74. The maximum atomic E-state index is 12.9. The van der Waals surface area contributed by atoms with Crippen LogP contribution in [0, 0.1) is 0 Å². The summed E-state index contributed by atoms with van der Waals surface area (Å²) in [5.41, 5.74) is 3.90. The van der Waals surface area contributed by atoms with Gasteiger partial charge in [0.2, 0.25) is 15.8 Å². The number of hydrogen-bond donors (Lipinski definition) is 1. The van der Waals surface area contributed by atoms with E-state index in [1.54, 1.807) is 18.2 Å². The largest absolute Gasteiger partial charge is 0.379 e. The predicted molar refractivity (Wildman–Crippen MR) is 118 cm³/mol. The van der Waals surface area contributed by atoms with Gasteiger partial charge in [-0.05, 0) is 23.6 Å². The molecule has 3 aromatic rings. The third kappa shape index (κ3) is 3.40. The van der Waals surface area contributed by atoms with E-state index in [0.29, 0.717) is 24.3 Å². The molecule has 0 bridgehead atoms. The fraction of sp³-hybridized carbons (Fsp3) is 0.174. The first kappa shape index (κ1) is 20.5. The summed E-state index contributed by atoms with van der Waals surface area (Å²) in [6.07, 6.45) is 0. The third-order valence-corrected chi connectivity index (χ3v) is 7.49. The summed E-state index contributed by atoms with van der Waals surface area (Å²) in [5, 5.41) is 5.83. The molecule has 1 aliphatic carbocycles. The number of ketones is 1. The molecule has 1 amide bonds. The number of morpholine rings is 1. The van der Waals surface area contributed by atoms with Crippen molar-refractivity contribution in [2.45, 2.75) is 4.90 Å². The van der Waals surface area contributed by atoms with Gasteiger partial charge in [0.1, 0.15) is 5.71 Å². The molecule has 8 nitrogen and oxygen atoms in total. The van der Waals surface area contributed by atoms with Crippen LogP contribution in [0.3, 0.4) is 0 Å². The van der Waals surface area contributed by atoms with E-state index in [-0.39, 0.29) is 35.0 Å². The molecule has 1 aliphatic heterocycles. The molecule has 0 saturated carbocycles. The van der Waals surface area contributed by atoms with Gasteiger partial charge >= 0.3 is 0 Å². The van der Waals surface area contributed by atoms with Gasteiger partial charge in [0, 0.05) is 35.2 Å². The quantitative estimate of drug-likeness (QED) is 0.615. The van der Waals surface area contributed by atoms with E-state index in [9.17, 15) is 18.0 Å². The van der Waals surface area contributed by atoms with Crippen LogP contribution in [0.25, 0.3) is 10.8 Å². The van der Waals surface area contributed by atoms with E-state index in [1.165, 1.54) is 28.6 Å². The molecule has 1 heterocycles. The highest BCUT2D eigenvalue weighted by atomic mass is 32.2. The highest BCUT2D eigenvalue weighted by molar-refractivity contribution is 7.89. The van der Waals surface area contributed by atoms with Crippen LogP contribution in [-0.2, 0) is 14.8 Å². The van der Waals surface area contributed by atoms with Gasteiger partial charge in [-0.3, -0.25) is 9.59 Å². The van der Waals surface area contributed by atoms with Crippen molar-refractivity contribution >= 4 is 38.2 Å². The average molecular weight is 449 g/mol. The minimum atomic E-state index is -3.74. The smallest absolute Gasteiger partial charge is 0.271 e. The van der Waals surface area contributed by atoms with Crippen LogP contribution in [0.4, 0.5) is 0 Å². The summed E-state index contributed by atoms with van der Waals surface area (Å²) in [4.78, 5) is 25.6. The maximum absolute atomic E-state index is 12.9. The van der Waals surface area contributed by atoms with Gasteiger partial charge in [-0.1, -0.05) is 42.5 Å². The Morgan fingerprint density at radius 3 is 2.41 bits per heavy atom. The Morgan fingerprint density at radius 2 is 1.66 bits per heavy atom. The van der Waals surface area contributed by atoms with Crippen LogP contribution < -0.4 is 5.43 Å². The van der Waals surface area contributed by atoms with E-state index in [2.05, 4.69) is 10.5 Å². The summed E-state index contributed by atoms with van der Waals surface area (Å²) >= 11 is 0. The molecule has 1 N–H and O–H groups in total. The molecule has 0 aromatic heterocycles. The van der Waals surface area contributed by atoms with Gasteiger partial charge in [-0.15, -0.1) is 0 Å². The minimum absolute atomic E-state index is 0.0221. The number of carbonyl (C=O) groups is 2. The number of nitrogens with zero attached hydrogens (tertiary/aromatic N) is 2. The average Bonchev–Trinajstić information content (AvgIpc) is 3.11. The molecule has 0 radical (unpaired) electrons. The number of sulfonamides is 1. The number of benzene rings is 3. The Balaban J connectivity index is 1.41. The number of hydrazone groups is 1.